The van der Waals surface area contributed by atoms with Crippen LogP contribution in [0.5, 0.6) is 0 Å². The minimum Gasteiger partial charge on any atom is -0.464 e. The molecule has 0 bridgehead atoms. The molecular formula is C20H24F3N5O4S. The molecule has 0 aliphatic carbocycles. The van der Waals surface area contributed by atoms with Crippen molar-refractivity contribution in [3.05, 3.63) is 41.3 Å². The molecule has 0 unspecified atom stereocenters. The van der Waals surface area contributed by atoms with E-state index in [0.717, 1.165) is 12.3 Å². The molecule has 0 fully saturated rings. The molecule has 180 valence electrons. The van der Waals surface area contributed by atoms with E-state index in [4.69, 9.17) is 0 Å². The van der Waals surface area contributed by atoms with Crippen molar-refractivity contribution in [2.75, 3.05) is 12.3 Å². The van der Waals surface area contributed by atoms with Gasteiger partial charge in [0.25, 0.3) is 0 Å². The lowest BCUT2D eigenvalue weighted by molar-refractivity contribution is -0.137. The van der Waals surface area contributed by atoms with Crippen molar-refractivity contribution in [2.45, 2.75) is 33.4 Å². The topological polar surface area (TPSA) is 110 Å². The van der Waals surface area contributed by atoms with Crippen LogP contribution in [0.25, 0.3) is 16.9 Å². The van der Waals surface area contributed by atoms with Crippen LogP contribution in [0.4, 0.5) is 18.0 Å². The molecule has 0 saturated heterocycles. The third-order valence-electron chi connectivity index (χ3n) is 5.09. The monoisotopic (exact) mass is 487 g/mol. The smallest absolute Gasteiger partial charge is 0.421 e. The van der Waals surface area contributed by atoms with E-state index in [-0.39, 0.29) is 29.9 Å². The number of sulfonamides is 1. The summed E-state index contributed by atoms with van der Waals surface area (Å²) in [4.78, 5) is 15.5. The van der Waals surface area contributed by atoms with Gasteiger partial charge in [0.2, 0.25) is 10.0 Å². The minimum atomic E-state index is -4.53. The summed E-state index contributed by atoms with van der Waals surface area (Å²) in [5.74, 6) is -0.225. The average Bonchev–Trinajstić information content (AvgIpc) is 3.22. The first-order chi connectivity index (χ1) is 15.2. The van der Waals surface area contributed by atoms with Crippen LogP contribution in [0.2, 0.25) is 0 Å². The minimum absolute atomic E-state index is 0.0421. The van der Waals surface area contributed by atoms with Crippen LogP contribution in [0.3, 0.4) is 0 Å². The quantitative estimate of drug-likeness (QED) is 0.545. The molecule has 0 aromatic carbocycles. The second-order valence-corrected chi connectivity index (χ2v) is 10.1. The van der Waals surface area contributed by atoms with Gasteiger partial charge in [0, 0.05) is 36.9 Å². The number of hydrogen-bond donors (Lipinski definition) is 1. The summed E-state index contributed by atoms with van der Waals surface area (Å²) in [7, 11) is -2.50. The van der Waals surface area contributed by atoms with Gasteiger partial charge in [0.05, 0.1) is 17.0 Å². The summed E-state index contributed by atoms with van der Waals surface area (Å²) in [6.45, 7) is 4.94. The molecule has 1 N–H and O–H groups in total. The average molecular weight is 488 g/mol. The van der Waals surface area contributed by atoms with Crippen molar-refractivity contribution in [1.82, 2.24) is 23.6 Å². The zero-order valence-electron chi connectivity index (χ0n) is 18.5. The second kappa shape index (κ2) is 8.69. The van der Waals surface area contributed by atoms with Crippen LogP contribution < -0.4 is 0 Å². The number of pyridine rings is 1. The Morgan fingerprint density at radius 3 is 2.55 bits per heavy atom. The fraction of sp³-hybridized carbons (Fsp3) is 0.450. The Bertz CT molecular complexity index is 1290. The number of carboxylic acid groups (broad SMARTS) is 1. The van der Waals surface area contributed by atoms with E-state index in [1.165, 1.54) is 16.9 Å². The molecular weight excluding hydrogens is 463 g/mol. The molecule has 13 heteroatoms. The van der Waals surface area contributed by atoms with Crippen molar-refractivity contribution in [1.29, 1.82) is 0 Å². The summed E-state index contributed by atoms with van der Waals surface area (Å²) < 4.78 is 68.0. The summed E-state index contributed by atoms with van der Waals surface area (Å²) >= 11 is 0. The van der Waals surface area contributed by atoms with Crippen LogP contribution in [0.1, 0.15) is 30.7 Å². The second-order valence-electron chi connectivity index (χ2n) is 8.11. The Hall–Kier alpha value is -3.09. The van der Waals surface area contributed by atoms with E-state index in [1.807, 2.05) is 0 Å². The van der Waals surface area contributed by atoms with Gasteiger partial charge in [-0.1, -0.05) is 13.8 Å². The van der Waals surface area contributed by atoms with Gasteiger partial charge in [-0.2, -0.15) is 18.3 Å². The van der Waals surface area contributed by atoms with Gasteiger partial charge < -0.3 is 5.11 Å². The first-order valence-electron chi connectivity index (χ1n) is 10.0. The molecule has 0 spiro atoms. The van der Waals surface area contributed by atoms with Crippen LogP contribution in [-0.2, 0) is 29.7 Å². The number of nitrogens with zero attached hydrogens (tertiary/aromatic N) is 5. The fourth-order valence-electron chi connectivity index (χ4n) is 3.62. The zero-order valence-corrected chi connectivity index (χ0v) is 19.3. The van der Waals surface area contributed by atoms with Gasteiger partial charge in [-0.3, -0.25) is 9.25 Å². The highest BCUT2D eigenvalue weighted by Crippen LogP contribution is 2.32. The number of fused-ring (bicyclic) bond motifs is 1. The van der Waals surface area contributed by atoms with E-state index in [0.29, 0.717) is 21.4 Å². The van der Waals surface area contributed by atoms with Crippen LogP contribution in [0.15, 0.2) is 24.5 Å². The standard InChI is InChI=1S/C20H24F3N5O4S/c1-12(2)11-28(19(29)30)33(31,32)8-6-16-13(3)25-26(4)18(16)27-7-5-14-9-15(20(21,22)23)10-24-17(14)27/h5,7,9-10,12H,6,8,11H2,1-4H3,(H,29,30). The van der Waals surface area contributed by atoms with Gasteiger partial charge in [0.1, 0.15) is 11.5 Å². The van der Waals surface area contributed by atoms with E-state index in [2.05, 4.69) is 10.1 Å². The Labute approximate surface area is 188 Å². The Morgan fingerprint density at radius 1 is 1.30 bits per heavy atom. The first-order valence-corrected chi connectivity index (χ1v) is 11.6. The number of rotatable bonds is 7. The maximum atomic E-state index is 13.0. The first kappa shape index (κ1) is 24.6. The number of hydrogen-bond acceptors (Lipinski definition) is 5. The van der Waals surface area contributed by atoms with Gasteiger partial charge in [-0.15, -0.1) is 0 Å². The highest BCUT2D eigenvalue weighted by molar-refractivity contribution is 7.89. The maximum absolute atomic E-state index is 13.0. The summed E-state index contributed by atoms with van der Waals surface area (Å²) in [6, 6.07) is 2.47. The maximum Gasteiger partial charge on any atom is 0.421 e. The molecule has 0 radical (unpaired) electrons. The van der Waals surface area contributed by atoms with Crippen molar-refractivity contribution >= 4 is 27.1 Å². The highest BCUT2D eigenvalue weighted by atomic mass is 32.2. The van der Waals surface area contributed by atoms with Crippen molar-refractivity contribution < 1.29 is 31.5 Å². The molecule has 0 aliphatic rings. The lowest BCUT2D eigenvalue weighted by Crippen LogP contribution is -2.40. The third-order valence-corrected chi connectivity index (χ3v) is 6.78. The molecule has 3 heterocycles. The SMILES string of the molecule is Cc1nn(C)c(-n2ccc3cc(C(F)(F)F)cnc32)c1CCS(=O)(=O)N(CC(C)C)C(=O)O. The summed E-state index contributed by atoms with van der Waals surface area (Å²) in [6.07, 6.45) is -3.84. The van der Waals surface area contributed by atoms with E-state index < -0.39 is 33.6 Å². The number of alkyl halides is 3. The number of carbonyl (C=O) groups is 1. The van der Waals surface area contributed by atoms with E-state index in [1.54, 1.807) is 32.4 Å². The number of halogens is 3. The number of aromatic nitrogens is 4. The summed E-state index contributed by atoms with van der Waals surface area (Å²) in [5, 5.41) is 13.9. The van der Waals surface area contributed by atoms with Gasteiger partial charge in [-0.05, 0) is 31.4 Å². The van der Waals surface area contributed by atoms with Gasteiger partial charge >= 0.3 is 12.3 Å². The Balaban J connectivity index is 1.99. The molecule has 0 atom stereocenters. The zero-order chi connectivity index (χ0) is 24.7. The van der Waals surface area contributed by atoms with Gasteiger partial charge in [-0.25, -0.2) is 22.5 Å². The Kier molecular flexibility index (Phi) is 6.46. The fourth-order valence-corrected chi connectivity index (χ4v) is 5.06. The van der Waals surface area contributed by atoms with Gasteiger partial charge in [0.15, 0.2) is 0 Å². The molecule has 3 aromatic rings. The predicted molar refractivity (Wildman–Crippen MR) is 115 cm³/mol. The van der Waals surface area contributed by atoms with E-state index >= 15 is 0 Å². The molecule has 3 rings (SSSR count). The Morgan fingerprint density at radius 2 is 1.97 bits per heavy atom. The molecule has 9 nitrogen and oxygen atoms in total. The summed E-state index contributed by atoms with van der Waals surface area (Å²) in [5.41, 5.74) is 0.415. The lowest BCUT2D eigenvalue weighted by atomic mass is 10.2. The predicted octanol–water partition coefficient (Wildman–Crippen LogP) is 3.59. The highest BCUT2D eigenvalue weighted by Gasteiger charge is 2.32. The van der Waals surface area contributed by atoms with Crippen molar-refractivity contribution in [3.63, 3.8) is 0 Å². The third kappa shape index (κ3) is 4.97. The van der Waals surface area contributed by atoms with Crippen LogP contribution in [-0.4, -0.2) is 55.6 Å². The van der Waals surface area contributed by atoms with Crippen molar-refractivity contribution in [2.24, 2.45) is 13.0 Å². The largest absolute Gasteiger partial charge is 0.464 e. The molecule has 0 aliphatic heterocycles. The lowest BCUT2D eigenvalue weighted by Gasteiger charge is -2.21. The van der Waals surface area contributed by atoms with Crippen LogP contribution >= 0.6 is 0 Å². The van der Waals surface area contributed by atoms with Crippen molar-refractivity contribution in [3.8, 4) is 5.82 Å². The molecule has 0 saturated carbocycles. The number of amides is 1. The molecule has 33 heavy (non-hydrogen) atoms. The van der Waals surface area contributed by atoms with E-state index in [9.17, 15) is 31.5 Å². The molecule has 1 amide bonds. The number of aryl methyl sites for hydroxylation is 2. The normalized spacial score (nSPS) is 12.6. The van der Waals surface area contributed by atoms with Crippen LogP contribution in [0, 0.1) is 12.8 Å². The molecule has 3 aromatic heterocycles.